The third kappa shape index (κ3) is 2.75. The fourth-order valence-electron chi connectivity index (χ4n) is 2.19. The molecule has 1 heterocycles. The molecule has 2 rings (SSSR count). The van der Waals surface area contributed by atoms with Crippen LogP contribution >= 0.6 is 0 Å². The van der Waals surface area contributed by atoms with Crippen molar-refractivity contribution >= 4 is 5.91 Å². The highest BCUT2D eigenvalue weighted by Gasteiger charge is 2.17. The van der Waals surface area contributed by atoms with E-state index in [-0.39, 0.29) is 11.9 Å². The maximum Gasteiger partial charge on any atom is 0.287 e. The number of allylic oxidation sites excluding steroid dienone is 1. The zero-order valence-electron chi connectivity index (χ0n) is 10.4. The van der Waals surface area contributed by atoms with E-state index in [1.54, 1.807) is 17.0 Å². The first-order valence-corrected chi connectivity index (χ1v) is 6.15. The molecule has 1 aliphatic rings. The zero-order chi connectivity index (χ0) is 12.3. The molecule has 1 aromatic heterocycles. The molecule has 0 saturated carbocycles. The highest BCUT2D eigenvalue weighted by molar-refractivity contribution is 5.91. The largest absolute Gasteiger partial charge is 0.343 e. The predicted molar refractivity (Wildman–Crippen MR) is 66.7 cm³/mol. The molecular weight excluding hydrogens is 214 g/mol. The number of amides is 1. The molecule has 1 atom stereocenters. The number of carbonyl (C=O) groups excluding carboxylic acids is 1. The fraction of sp³-hybridized carbons (Fsp3) is 0.538. The molecular formula is C13H19N3O. The van der Waals surface area contributed by atoms with E-state index < -0.39 is 0 Å². The Kier molecular flexibility index (Phi) is 3.61. The molecule has 4 heteroatoms. The molecule has 1 aromatic rings. The fourth-order valence-corrected chi connectivity index (χ4v) is 2.19. The molecule has 0 bridgehead atoms. The molecule has 0 spiro atoms. The van der Waals surface area contributed by atoms with Gasteiger partial charge in [-0.3, -0.25) is 4.79 Å². The topological polar surface area (TPSA) is 46.9 Å². The second kappa shape index (κ2) is 5.17. The van der Waals surface area contributed by atoms with Gasteiger partial charge in [0.2, 0.25) is 0 Å². The van der Waals surface area contributed by atoms with Crippen molar-refractivity contribution in [2.24, 2.45) is 7.05 Å². The normalized spacial score (nSPS) is 17.4. The average Bonchev–Trinajstić information content (AvgIpc) is 2.76. The lowest BCUT2D eigenvalue weighted by molar-refractivity contribution is 0.0931. The summed E-state index contributed by atoms with van der Waals surface area (Å²) in [5.41, 5.74) is 1.35. The van der Waals surface area contributed by atoms with E-state index in [4.69, 9.17) is 0 Å². The quantitative estimate of drug-likeness (QED) is 0.812. The van der Waals surface area contributed by atoms with Crippen LogP contribution in [0, 0.1) is 0 Å². The van der Waals surface area contributed by atoms with Crippen LogP contribution in [0.5, 0.6) is 0 Å². The molecule has 1 aliphatic carbocycles. The Bertz CT molecular complexity index is 434. The smallest absolute Gasteiger partial charge is 0.287 e. The third-order valence-corrected chi connectivity index (χ3v) is 3.25. The van der Waals surface area contributed by atoms with Gasteiger partial charge in [0.05, 0.1) is 0 Å². The number of aryl methyl sites for hydroxylation is 1. The van der Waals surface area contributed by atoms with E-state index in [2.05, 4.69) is 16.4 Å². The molecule has 0 radical (unpaired) electrons. The van der Waals surface area contributed by atoms with Crippen molar-refractivity contribution in [3.63, 3.8) is 0 Å². The van der Waals surface area contributed by atoms with Crippen LogP contribution in [-0.4, -0.2) is 21.5 Å². The van der Waals surface area contributed by atoms with Crippen molar-refractivity contribution in [2.75, 3.05) is 0 Å². The summed E-state index contributed by atoms with van der Waals surface area (Å²) in [5.74, 6) is 0.365. The Morgan fingerprint density at radius 1 is 1.53 bits per heavy atom. The second-order valence-corrected chi connectivity index (χ2v) is 4.58. The third-order valence-electron chi connectivity index (χ3n) is 3.25. The molecule has 0 aliphatic heterocycles. The Hall–Kier alpha value is -1.58. The summed E-state index contributed by atoms with van der Waals surface area (Å²) in [5, 5.41) is 3.00. The Labute approximate surface area is 102 Å². The number of hydrogen-bond donors (Lipinski definition) is 1. The van der Waals surface area contributed by atoms with Gasteiger partial charge in [-0.25, -0.2) is 4.98 Å². The van der Waals surface area contributed by atoms with E-state index in [0.29, 0.717) is 5.82 Å². The Morgan fingerprint density at radius 3 is 2.94 bits per heavy atom. The van der Waals surface area contributed by atoms with Gasteiger partial charge < -0.3 is 9.88 Å². The van der Waals surface area contributed by atoms with Crippen LogP contribution in [0.1, 0.15) is 43.2 Å². The van der Waals surface area contributed by atoms with Crippen molar-refractivity contribution in [2.45, 2.75) is 38.6 Å². The van der Waals surface area contributed by atoms with Gasteiger partial charge in [-0.2, -0.15) is 0 Å². The number of aromatic nitrogens is 2. The molecule has 0 aromatic carbocycles. The minimum atomic E-state index is -0.100. The number of carbonyl (C=O) groups is 1. The van der Waals surface area contributed by atoms with Gasteiger partial charge in [0.25, 0.3) is 5.91 Å². The van der Waals surface area contributed by atoms with E-state index in [1.807, 2.05) is 14.0 Å². The lowest BCUT2D eigenvalue weighted by Gasteiger charge is -2.20. The van der Waals surface area contributed by atoms with E-state index >= 15 is 0 Å². The van der Waals surface area contributed by atoms with Gasteiger partial charge in [0.1, 0.15) is 0 Å². The van der Waals surface area contributed by atoms with Crippen LogP contribution in [0.4, 0.5) is 0 Å². The second-order valence-electron chi connectivity index (χ2n) is 4.58. The number of rotatable bonds is 3. The summed E-state index contributed by atoms with van der Waals surface area (Å²) >= 11 is 0. The number of imidazole rings is 1. The zero-order valence-corrected chi connectivity index (χ0v) is 10.4. The summed E-state index contributed by atoms with van der Waals surface area (Å²) in [6.45, 7) is 2.04. The summed E-state index contributed by atoms with van der Waals surface area (Å²) in [6.07, 6.45) is 10.4. The molecule has 1 unspecified atom stereocenters. The minimum absolute atomic E-state index is 0.100. The number of nitrogens with one attached hydrogen (secondary N) is 1. The van der Waals surface area contributed by atoms with Crippen LogP contribution in [0.3, 0.4) is 0 Å². The highest BCUT2D eigenvalue weighted by Crippen LogP contribution is 2.20. The monoisotopic (exact) mass is 233 g/mol. The van der Waals surface area contributed by atoms with Crippen LogP contribution in [0.2, 0.25) is 0 Å². The van der Waals surface area contributed by atoms with Crippen LogP contribution in [-0.2, 0) is 7.05 Å². The van der Waals surface area contributed by atoms with Crippen LogP contribution < -0.4 is 5.32 Å². The molecule has 1 N–H and O–H groups in total. The molecule has 92 valence electrons. The molecule has 0 fully saturated rings. The maximum atomic E-state index is 12.0. The Morgan fingerprint density at radius 2 is 2.35 bits per heavy atom. The van der Waals surface area contributed by atoms with Gasteiger partial charge in [0.15, 0.2) is 5.82 Å². The standard InChI is InChI=1S/C13H19N3O/c1-10(11-6-4-3-5-7-11)15-13(17)12-14-8-9-16(12)2/h6,8-10H,3-5,7H2,1-2H3,(H,15,17). The highest BCUT2D eigenvalue weighted by atomic mass is 16.2. The van der Waals surface area contributed by atoms with Crippen molar-refractivity contribution in [1.29, 1.82) is 0 Å². The minimum Gasteiger partial charge on any atom is -0.343 e. The molecule has 4 nitrogen and oxygen atoms in total. The van der Waals surface area contributed by atoms with Crippen molar-refractivity contribution in [3.05, 3.63) is 29.9 Å². The van der Waals surface area contributed by atoms with Gasteiger partial charge in [0, 0.05) is 25.5 Å². The Balaban J connectivity index is 1.99. The van der Waals surface area contributed by atoms with Crippen molar-refractivity contribution in [1.82, 2.24) is 14.9 Å². The van der Waals surface area contributed by atoms with E-state index in [1.165, 1.54) is 18.4 Å². The molecule has 17 heavy (non-hydrogen) atoms. The summed E-state index contributed by atoms with van der Waals surface area (Å²) < 4.78 is 1.73. The van der Waals surface area contributed by atoms with Gasteiger partial charge in [-0.1, -0.05) is 11.6 Å². The first kappa shape index (κ1) is 11.9. The molecule has 1 amide bonds. The predicted octanol–water partition coefficient (Wildman–Crippen LogP) is 2.04. The number of nitrogens with zero attached hydrogens (tertiary/aromatic N) is 2. The summed E-state index contributed by atoms with van der Waals surface area (Å²) in [7, 11) is 1.83. The van der Waals surface area contributed by atoms with Crippen LogP contribution in [0.25, 0.3) is 0 Å². The van der Waals surface area contributed by atoms with Crippen molar-refractivity contribution in [3.8, 4) is 0 Å². The van der Waals surface area contributed by atoms with Crippen LogP contribution in [0.15, 0.2) is 24.0 Å². The lowest BCUT2D eigenvalue weighted by atomic mass is 9.95. The van der Waals surface area contributed by atoms with Gasteiger partial charge in [-0.15, -0.1) is 0 Å². The number of hydrogen-bond acceptors (Lipinski definition) is 2. The van der Waals surface area contributed by atoms with Gasteiger partial charge in [-0.05, 0) is 32.6 Å². The summed E-state index contributed by atoms with van der Waals surface area (Å²) in [6, 6.07) is 0.111. The average molecular weight is 233 g/mol. The first-order chi connectivity index (χ1) is 8.18. The van der Waals surface area contributed by atoms with E-state index in [9.17, 15) is 4.79 Å². The molecule has 0 saturated heterocycles. The maximum absolute atomic E-state index is 12.0. The van der Waals surface area contributed by atoms with Crippen molar-refractivity contribution < 1.29 is 4.79 Å². The summed E-state index contributed by atoms with van der Waals surface area (Å²) in [4.78, 5) is 16.0. The first-order valence-electron chi connectivity index (χ1n) is 6.15. The lowest BCUT2D eigenvalue weighted by Crippen LogP contribution is -2.35. The van der Waals surface area contributed by atoms with E-state index in [0.717, 1.165) is 12.8 Å². The SMILES string of the molecule is CC(NC(=O)c1nccn1C)C1=CCCCC1. The van der Waals surface area contributed by atoms with Gasteiger partial charge >= 0.3 is 0 Å².